The largest absolute Gasteiger partial charge is 0.481 e. The average molecular weight is 477 g/mol. The molecule has 0 bridgehead atoms. The topological polar surface area (TPSA) is 79.1 Å². The van der Waals surface area contributed by atoms with E-state index in [-0.39, 0.29) is 17.6 Å². The van der Waals surface area contributed by atoms with Crippen LogP contribution in [0.5, 0.6) is 5.88 Å². The SMILES string of the molecule is COc1ccc([C@H]2C[C@@H](c3cc4nc(C)c(C)nc4n(-c4ccc(Cl)cc4)c3=O)CCO2)cn1. The molecule has 5 rings (SSSR count). The van der Waals surface area contributed by atoms with Crippen molar-refractivity contribution in [1.29, 1.82) is 0 Å². The predicted octanol–water partition coefficient (Wildman–Crippen LogP) is 5.09. The van der Waals surface area contributed by atoms with Crippen LogP contribution in [-0.4, -0.2) is 33.2 Å². The summed E-state index contributed by atoms with van der Waals surface area (Å²) in [6, 6.07) is 12.9. The second-order valence-electron chi connectivity index (χ2n) is 8.53. The molecule has 7 nitrogen and oxygen atoms in total. The number of rotatable bonds is 4. The van der Waals surface area contributed by atoms with Crippen molar-refractivity contribution in [2.45, 2.75) is 38.7 Å². The zero-order chi connectivity index (χ0) is 23.8. The van der Waals surface area contributed by atoms with Crippen LogP contribution in [0.4, 0.5) is 0 Å². The number of aromatic nitrogens is 4. The minimum absolute atomic E-state index is 0.0136. The van der Waals surface area contributed by atoms with E-state index in [1.165, 1.54) is 0 Å². The van der Waals surface area contributed by atoms with Gasteiger partial charge in [0.25, 0.3) is 5.56 Å². The van der Waals surface area contributed by atoms with Gasteiger partial charge in [0.05, 0.1) is 30.3 Å². The van der Waals surface area contributed by atoms with E-state index in [0.717, 1.165) is 28.9 Å². The summed E-state index contributed by atoms with van der Waals surface area (Å²) in [5.74, 6) is 0.570. The molecular weight excluding hydrogens is 452 g/mol. The Morgan fingerprint density at radius 2 is 1.85 bits per heavy atom. The Morgan fingerprint density at radius 3 is 2.56 bits per heavy atom. The first-order valence-electron chi connectivity index (χ1n) is 11.2. The van der Waals surface area contributed by atoms with Crippen LogP contribution in [0.2, 0.25) is 5.02 Å². The van der Waals surface area contributed by atoms with Gasteiger partial charge in [-0.3, -0.25) is 9.36 Å². The van der Waals surface area contributed by atoms with Crippen LogP contribution in [0.15, 0.2) is 53.5 Å². The van der Waals surface area contributed by atoms with Gasteiger partial charge in [0.2, 0.25) is 5.88 Å². The lowest BCUT2D eigenvalue weighted by Crippen LogP contribution is -2.29. The standard InChI is InChI=1S/C26H25ClN4O3/c1-15-16(2)30-25-22(29-15)13-21(26(32)31(25)20-7-5-19(27)6-8-20)17-10-11-34-23(12-17)18-4-9-24(33-3)28-14-18/h4-9,13-14,17,23H,10-12H2,1-3H3/t17-,23+/m0/s1. The van der Waals surface area contributed by atoms with E-state index in [9.17, 15) is 4.79 Å². The second kappa shape index (κ2) is 9.16. The lowest BCUT2D eigenvalue weighted by atomic mass is 9.87. The van der Waals surface area contributed by atoms with Gasteiger partial charge in [-0.25, -0.2) is 15.0 Å². The van der Waals surface area contributed by atoms with Gasteiger partial charge in [0.1, 0.15) is 5.52 Å². The molecule has 1 aromatic carbocycles. The molecule has 0 unspecified atom stereocenters. The maximum absolute atomic E-state index is 13.9. The van der Waals surface area contributed by atoms with Gasteiger partial charge >= 0.3 is 0 Å². The fraction of sp³-hybridized carbons (Fsp3) is 0.308. The van der Waals surface area contributed by atoms with Crippen LogP contribution in [-0.2, 0) is 4.74 Å². The van der Waals surface area contributed by atoms with Gasteiger partial charge in [0.15, 0.2) is 5.65 Å². The number of aryl methyl sites for hydroxylation is 2. The summed E-state index contributed by atoms with van der Waals surface area (Å²) in [6.45, 7) is 4.39. The number of benzene rings is 1. The molecule has 4 heterocycles. The summed E-state index contributed by atoms with van der Waals surface area (Å²) in [4.78, 5) is 27.7. The number of ether oxygens (including phenoxy) is 2. The van der Waals surface area contributed by atoms with E-state index in [4.69, 9.17) is 31.0 Å². The fourth-order valence-corrected chi connectivity index (χ4v) is 4.57. The number of hydrogen-bond donors (Lipinski definition) is 0. The molecule has 0 radical (unpaired) electrons. The summed E-state index contributed by atoms with van der Waals surface area (Å²) in [6.07, 6.45) is 3.05. The van der Waals surface area contributed by atoms with E-state index in [0.29, 0.717) is 40.8 Å². The smallest absolute Gasteiger partial charge is 0.260 e. The van der Waals surface area contributed by atoms with Crippen LogP contribution in [0.25, 0.3) is 16.9 Å². The van der Waals surface area contributed by atoms with Gasteiger partial charge in [-0.2, -0.15) is 0 Å². The first-order valence-corrected chi connectivity index (χ1v) is 11.6. The number of hydrogen-bond acceptors (Lipinski definition) is 6. The lowest BCUT2D eigenvalue weighted by Gasteiger charge is -2.30. The summed E-state index contributed by atoms with van der Waals surface area (Å²) in [7, 11) is 1.59. The molecule has 0 N–H and O–H groups in total. The molecule has 0 amide bonds. The second-order valence-corrected chi connectivity index (χ2v) is 8.97. The van der Waals surface area contributed by atoms with Gasteiger partial charge in [-0.15, -0.1) is 0 Å². The van der Waals surface area contributed by atoms with Crippen molar-refractivity contribution in [2.24, 2.45) is 0 Å². The molecule has 1 aliphatic rings. The molecule has 0 aliphatic carbocycles. The number of fused-ring (bicyclic) bond motifs is 1. The van der Waals surface area contributed by atoms with Crippen LogP contribution in [0, 0.1) is 13.8 Å². The van der Waals surface area contributed by atoms with E-state index < -0.39 is 0 Å². The third kappa shape index (κ3) is 4.17. The monoisotopic (exact) mass is 476 g/mol. The first-order chi connectivity index (χ1) is 16.4. The predicted molar refractivity (Wildman–Crippen MR) is 131 cm³/mol. The zero-order valence-electron chi connectivity index (χ0n) is 19.3. The molecule has 174 valence electrons. The number of pyridine rings is 2. The lowest BCUT2D eigenvalue weighted by molar-refractivity contribution is 0.00483. The molecule has 34 heavy (non-hydrogen) atoms. The highest BCUT2D eigenvalue weighted by atomic mass is 35.5. The quantitative estimate of drug-likeness (QED) is 0.408. The van der Waals surface area contributed by atoms with E-state index in [1.807, 2.05) is 44.2 Å². The summed E-state index contributed by atoms with van der Waals surface area (Å²) in [5.41, 5.74) is 5.18. The van der Waals surface area contributed by atoms with E-state index in [2.05, 4.69) is 4.98 Å². The first kappa shape index (κ1) is 22.5. The summed E-state index contributed by atoms with van der Waals surface area (Å²) in [5, 5.41) is 0.607. The van der Waals surface area contributed by atoms with Gasteiger partial charge < -0.3 is 9.47 Å². The molecule has 2 atom stereocenters. The van der Waals surface area contributed by atoms with Crippen LogP contribution >= 0.6 is 11.6 Å². The Hall–Kier alpha value is -3.29. The highest BCUT2D eigenvalue weighted by Crippen LogP contribution is 2.37. The van der Waals surface area contributed by atoms with E-state index >= 15 is 0 Å². The van der Waals surface area contributed by atoms with Crippen molar-refractivity contribution in [3.05, 3.63) is 86.6 Å². The van der Waals surface area contributed by atoms with Gasteiger partial charge in [0, 0.05) is 29.5 Å². The molecule has 4 aromatic rings. The molecule has 0 spiro atoms. The van der Waals surface area contributed by atoms with Crippen LogP contribution in [0.3, 0.4) is 0 Å². The molecule has 3 aromatic heterocycles. The third-order valence-electron chi connectivity index (χ3n) is 6.42. The molecule has 1 saturated heterocycles. The Bertz CT molecular complexity index is 1400. The third-order valence-corrected chi connectivity index (χ3v) is 6.67. The summed E-state index contributed by atoms with van der Waals surface area (Å²) < 4.78 is 12.9. The Balaban J connectivity index is 1.61. The molecular formula is C26H25ClN4O3. The van der Waals surface area contributed by atoms with Gasteiger partial charge in [-0.1, -0.05) is 11.6 Å². The molecule has 1 fully saturated rings. The maximum atomic E-state index is 13.9. The highest BCUT2D eigenvalue weighted by Gasteiger charge is 2.29. The van der Waals surface area contributed by atoms with Crippen molar-refractivity contribution < 1.29 is 9.47 Å². The van der Waals surface area contributed by atoms with Crippen molar-refractivity contribution in [3.8, 4) is 11.6 Å². The summed E-state index contributed by atoms with van der Waals surface area (Å²) >= 11 is 6.11. The molecule has 1 aliphatic heterocycles. The van der Waals surface area contributed by atoms with Crippen molar-refractivity contribution in [1.82, 2.24) is 19.5 Å². The Labute approximate surface area is 202 Å². The van der Waals surface area contributed by atoms with E-state index in [1.54, 1.807) is 30.0 Å². The van der Waals surface area contributed by atoms with Crippen molar-refractivity contribution >= 4 is 22.8 Å². The maximum Gasteiger partial charge on any atom is 0.260 e. The van der Waals surface area contributed by atoms with Crippen molar-refractivity contribution in [2.75, 3.05) is 13.7 Å². The Morgan fingerprint density at radius 1 is 1.09 bits per heavy atom. The number of methoxy groups -OCH3 is 1. The minimum Gasteiger partial charge on any atom is -0.481 e. The van der Waals surface area contributed by atoms with Crippen molar-refractivity contribution in [3.63, 3.8) is 0 Å². The fourth-order valence-electron chi connectivity index (χ4n) is 4.44. The van der Waals surface area contributed by atoms with Crippen LogP contribution < -0.4 is 10.3 Å². The van der Waals surface area contributed by atoms with Gasteiger partial charge in [-0.05, 0) is 74.6 Å². The highest BCUT2D eigenvalue weighted by molar-refractivity contribution is 6.30. The Kier molecular flexibility index (Phi) is 6.06. The van der Waals surface area contributed by atoms with Crippen LogP contribution in [0.1, 0.15) is 47.4 Å². The number of nitrogens with zero attached hydrogens (tertiary/aromatic N) is 4. The molecule has 8 heteroatoms. The molecule has 0 saturated carbocycles. The minimum atomic E-state index is -0.151. The zero-order valence-corrected chi connectivity index (χ0v) is 20.0. The average Bonchev–Trinajstić information content (AvgIpc) is 2.86. The number of halogens is 1. The normalized spacial score (nSPS) is 18.2.